The molecule has 6 atom stereocenters. The molecule has 1 saturated heterocycles. The van der Waals surface area contributed by atoms with Crippen molar-refractivity contribution in [3.8, 4) is 0 Å². The summed E-state index contributed by atoms with van der Waals surface area (Å²) in [6.45, 7) is 3.74. The molecule has 1 aliphatic heterocycles. The molecule has 0 aromatic carbocycles. The van der Waals surface area contributed by atoms with Gasteiger partial charge in [0.2, 0.25) is 0 Å². The zero-order chi connectivity index (χ0) is 41.3. The molecule has 1 rings (SSSR count). The Morgan fingerprint density at radius 1 is 0.589 bits per heavy atom. The van der Waals surface area contributed by atoms with E-state index in [0.29, 0.717) is 12.8 Å². The second-order valence-corrected chi connectivity index (χ2v) is 17.2. The Morgan fingerprint density at radius 2 is 1.02 bits per heavy atom. The van der Waals surface area contributed by atoms with Gasteiger partial charge in [0.15, 0.2) is 12.4 Å². The number of rotatable bonds is 37. The van der Waals surface area contributed by atoms with Gasteiger partial charge in [-0.05, 0) is 38.5 Å². The Labute approximate surface area is 339 Å². The first kappa shape index (κ1) is 52.4. The summed E-state index contributed by atoms with van der Waals surface area (Å²) in [6.07, 6.45) is 25.4. The van der Waals surface area contributed by atoms with Crippen LogP contribution in [0, 0.1) is 0 Å². The fourth-order valence-electron chi connectivity index (χ4n) is 6.85. The fourth-order valence-corrected chi connectivity index (χ4v) is 7.54. The molecule has 2 unspecified atom stereocenters. The summed E-state index contributed by atoms with van der Waals surface area (Å²) in [5.74, 6) is -1.98. The maximum atomic E-state index is 12.8. The molecule has 1 fully saturated rings. The highest BCUT2D eigenvalue weighted by atomic mass is 32.2. The Kier molecular flexibility index (Phi) is 32.1. The van der Waals surface area contributed by atoms with Gasteiger partial charge in [0.05, 0.1) is 6.61 Å². The van der Waals surface area contributed by atoms with Crippen LogP contribution < -0.4 is 0 Å². The Bertz CT molecular complexity index is 1100. The molecule has 0 radical (unpaired) electrons. The highest BCUT2D eigenvalue weighted by Crippen LogP contribution is 2.24. The topological polar surface area (TPSA) is 186 Å². The van der Waals surface area contributed by atoms with Gasteiger partial charge in [-0.3, -0.25) is 14.1 Å². The van der Waals surface area contributed by atoms with Crippen molar-refractivity contribution in [2.75, 3.05) is 19.0 Å². The largest absolute Gasteiger partial charge is 0.462 e. The minimum Gasteiger partial charge on any atom is -0.462 e. The first-order valence-electron chi connectivity index (χ1n) is 22.2. The van der Waals surface area contributed by atoms with Gasteiger partial charge in [-0.2, -0.15) is 8.42 Å². The first-order chi connectivity index (χ1) is 27.0. The van der Waals surface area contributed by atoms with Crippen LogP contribution in [-0.4, -0.2) is 96.0 Å². The molecule has 1 aliphatic rings. The Balaban J connectivity index is 2.45. The summed E-state index contributed by atoms with van der Waals surface area (Å²) in [7, 11) is -4.60. The number of hydrogen-bond donors (Lipinski definition) is 4. The van der Waals surface area contributed by atoms with E-state index in [1.54, 1.807) is 0 Å². The summed E-state index contributed by atoms with van der Waals surface area (Å²) >= 11 is 0. The van der Waals surface area contributed by atoms with Crippen molar-refractivity contribution in [3.05, 3.63) is 12.2 Å². The van der Waals surface area contributed by atoms with Crippen molar-refractivity contribution < 1.29 is 56.8 Å². The van der Waals surface area contributed by atoms with E-state index in [-0.39, 0.29) is 19.4 Å². The zero-order valence-electron chi connectivity index (χ0n) is 35.0. The van der Waals surface area contributed by atoms with Gasteiger partial charge in [0.1, 0.15) is 36.8 Å². The van der Waals surface area contributed by atoms with Crippen LogP contribution >= 0.6 is 0 Å². The molecular weight excluding hydrogens is 741 g/mol. The molecule has 13 heteroatoms. The zero-order valence-corrected chi connectivity index (χ0v) is 35.8. The van der Waals surface area contributed by atoms with Crippen molar-refractivity contribution in [2.24, 2.45) is 0 Å². The van der Waals surface area contributed by atoms with Crippen LogP contribution in [0.3, 0.4) is 0 Å². The van der Waals surface area contributed by atoms with E-state index in [1.165, 1.54) is 96.3 Å². The molecule has 0 spiro atoms. The summed E-state index contributed by atoms with van der Waals surface area (Å²) in [6, 6.07) is 0. The number of ether oxygens (including phenoxy) is 4. The van der Waals surface area contributed by atoms with Crippen LogP contribution in [-0.2, 0) is 38.7 Å². The molecule has 0 aliphatic carbocycles. The van der Waals surface area contributed by atoms with Gasteiger partial charge < -0.3 is 34.3 Å². The first-order valence-corrected chi connectivity index (χ1v) is 23.9. The van der Waals surface area contributed by atoms with Crippen LogP contribution in [0.15, 0.2) is 12.2 Å². The SMILES string of the molecule is CCCCCC/C=C/CCCCCCCC(=O)O[C@H](COC(=O)CCCCCCCCCCCCCCCCC)CO[C@H]1O[C@H](CS(=O)(=O)O)[C@@H](O)C(O)C1O. The number of aliphatic hydroxyl groups is 3. The van der Waals surface area contributed by atoms with E-state index >= 15 is 0 Å². The van der Waals surface area contributed by atoms with Gasteiger partial charge in [-0.1, -0.05) is 154 Å². The maximum absolute atomic E-state index is 12.8. The lowest BCUT2D eigenvalue weighted by Gasteiger charge is -2.40. The standard InChI is InChI=1S/C43H80O12S/c1-3-5-7-9-11-13-15-17-18-20-21-23-25-27-29-31-38(44)52-33-36(34-53-43-42(48)41(47)40(46)37(55-43)35-56(49,50)51)54-39(45)32-30-28-26-24-22-19-16-14-12-10-8-6-4-2/h14,16,36-37,40-43,46-48H,3-13,15,17-35H2,1-2H3,(H,49,50,51)/b16-14+/t36-,37-,40-,41?,42?,43+/m1/s1. The average molecular weight is 821 g/mol. The predicted molar refractivity (Wildman–Crippen MR) is 220 cm³/mol. The third-order valence-corrected chi connectivity index (χ3v) is 11.1. The van der Waals surface area contributed by atoms with Crippen LogP contribution in [0.4, 0.5) is 0 Å². The molecule has 0 bridgehead atoms. The van der Waals surface area contributed by atoms with Crippen LogP contribution in [0.1, 0.15) is 194 Å². The molecule has 0 aromatic heterocycles. The van der Waals surface area contributed by atoms with E-state index in [2.05, 4.69) is 26.0 Å². The Hall–Kier alpha value is -1.61. The second-order valence-electron chi connectivity index (χ2n) is 15.7. The monoisotopic (exact) mass is 821 g/mol. The molecule has 4 N–H and O–H groups in total. The van der Waals surface area contributed by atoms with Gasteiger partial charge in [-0.15, -0.1) is 0 Å². The second kappa shape index (κ2) is 34.3. The quantitative estimate of drug-likeness (QED) is 0.0203. The van der Waals surface area contributed by atoms with Crippen molar-refractivity contribution in [2.45, 2.75) is 230 Å². The lowest BCUT2D eigenvalue weighted by Crippen LogP contribution is -2.60. The molecule has 12 nitrogen and oxygen atoms in total. The summed E-state index contributed by atoms with van der Waals surface area (Å²) in [5, 5.41) is 30.8. The number of esters is 2. The van der Waals surface area contributed by atoms with E-state index in [4.69, 9.17) is 18.9 Å². The average Bonchev–Trinajstić information content (AvgIpc) is 3.16. The molecule has 0 aromatic rings. The number of carbonyl (C=O) groups excluding carboxylic acids is 2. The van der Waals surface area contributed by atoms with Gasteiger partial charge >= 0.3 is 11.9 Å². The number of allylic oxidation sites excluding steroid dienone is 2. The van der Waals surface area contributed by atoms with Gasteiger partial charge in [0.25, 0.3) is 10.1 Å². The third-order valence-electron chi connectivity index (χ3n) is 10.3. The number of hydrogen-bond acceptors (Lipinski definition) is 11. The fraction of sp³-hybridized carbons (Fsp3) is 0.907. The van der Waals surface area contributed by atoms with Crippen molar-refractivity contribution >= 4 is 22.1 Å². The lowest BCUT2D eigenvalue weighted by atomic mass is 10.00. The molecular formula is C43H80O12S. The maximum Gasteiger partial charge on any atom is 0.306 e. The predicted octanol–water partition coefficient (Wildman–Crippen LogP) is 8.67. The molecule has 0 saturated carbocycles. The van der Waals surface area contributed by atoms with Crippen molar-refractivity contribution in [1.29, 1.82) is 0 Å². The molecule has 56 heavy (non-hydrogen) atoms. The van der Waals surface area contributed by atoms with E-state index in [1.807, 2.05) is 0 Å². The minimum absolute atomic E-state index is 0.158. The van der Waals surface area contributed by atoms with E-state index < -0.39 is 71.2 Å². The van der Waals surface area contributed by atoms with Crippen molar-refractivity contribution in [1.82, 2.24) is 0 Å². The lowest BCUT2D eigenvalue weighted by molar-refractivity contribution is -0.297. The van der Waals surface area contributed by atoms with Crippen LogP contribution in [0.25, 0.3) is 0 Å². The summed E-state index contributed by atoms with van der Waals surface area (Å²) < 4.78 is 54.0. The Morgan fingerprint density at radius 3 is 1.50 bits per heavy atom. The summed E-state index contributed by atoms with van der Waals surface area (Å²) in [4.78, 5) is 25.3. The number of unbranched alkanes of at least 4 members (excludes halogenated alkanes) is 23. The smallest absolute Gasteiger partial charge is 0.306 e. The van der Waals surface area contributed by atoms with Crippen LogP contribution in [0.5, 0.6) is 0 Å². The number of aliphatic hydroxyl groups excluding tert-OH is 3. The highest BCUT2D eigenvalue weighted by Gasteiger charge is 2.46. The highest BCUT2D eigenvalue weighted by molar-refractivity contribution is 7.85. The van der Waals surface area contributed by atoms with Crippen LogP contribution in [0.2, 0.25) is 0 Å². The molecule has 1 heterocycles. The molecule has 0 amide bonds. The van der Waals surface area contributed by atoms with E-state index in [9.17, 15) is 37.9 Å². The third kappa shape index (κ3) is 28.7. The minimum atomic E-state index is -4.60. The van der Waals surface area contributed by atoms with Gasteiger partial charge in [-0.25, -0.2) is 0 Å². The number of carbonyl (C=O) groups is 2. The van der Waals surface area contributed by atoms with Crippen molar-refractivity contribution in [3.63, 3.8) is 0 Å². The normalized spacial score (nSPS) is 20.7. The van der Waals surface area contributed by atoms with Gasteiger partial charge in [0, 0.05) is 12.8 Å². The molecule has 330 valence electrons. The summed E-state index contributed by atoms with van der Waals surface area (Å²) in [5.41, 5.74) is 0. The van der Waals surface area contributed by atoms with E-state index in [0.717, 1.165) is 57.8 Å².